The quantitative estimate of drug-likeness (QED) is 0.669. The molecule has 3 heteroatoms. The third-order valence-electron chi connectivity index (χ3n) is 2.03. The van der Waals surface area contributed by atoms with Gasteiger partial charge in [0.15, 0.2) is 0 Å². The molecule has 0 aliphatic carbocycles. The smallest absolute Gasteiger partial charge is 0.0406 e. The lowest BCUT2D eigenvalue weighted by atomic mass is 10.2. The Labute approximate surface area is 119 Å². The number of benzene rings is 2. The molecule has 0 aliphatic heterocycles. The van der Waals surface area contributed by atoms with Crippen molar-refractivity contribution in [1.29, 1.82) is 0 Å². The molecule has 0 aromatic heterocycles. The van der Waals surface area contributed by atoms with Gasteiger partial charge in [-0.3, -0.25) is 0 Å². The van der Waals surface area contributed by atoms with Crippen LogP contribution in [-0.2, 0) is 0 Å². The van der Waals surface area contributed by atoms with E-state index in [9.17, 15) is 0 Å². The number of rotatable bonds is 2. The zero-order chi connectivity index (χ0) is 11.5. The van der Waals surface area contributed by atoms with Crippen LogP contribution in [0.25, 0.3) is 0 Å². The second-order valence-corrected chi connectivity index (χ2v) is 5.90. The molecule has 2 aromatic rings. The lowest BCUT2D eigenvalue weighted by Gasteiger charge is -2.07. The number of hydrogen-bond donors (Lipinski definition) is 0. The van der Waals surface area contributed by atoms with E-state index in [4.69, 9.17) is 18.5 Å². The van der Waals surface area contributed by atoms with E-state index in [0.717, 1.165) is 23.9 Å². The predicted molar refractivity (Wildman–Crippen MR) is 78.1 cm³/mol. The lowest BCUT2D eigenvalue weighted by molar-refractivity contribution is 1.32. The summed E-state index contributed by atoms with van der Waals surface area (Å²) in [6, 6.07) is 13.7. The topological polar surface area (TPSA) is 0 Å². The molecule has 0 saturated heterocycles. The number of halogens is 2. The van der Waals surface area contributed by atoms with Gasteiger partial charge in [-0.1, -0.05) is 35.5 Å². The van der Waals surface area contributed by atoms with E-state index >= 15 is 0 Å². The highest BCUT2D eigenvalue weighted by molar-refractivity contribution is 14.1. The molecular formula is C13H8ClIS. The largest absolute Gasteiger partial charge is 0.0887 e. The molecule has 0 N–H and O–H groups in total. The first-order valence-electron chi connectivity index (χ1n) is 4.64. The maximum absolute atomic E-state index is 5.95. The molecule has 0 nitrogen and oxygen atoms in total. The van der Waals surface area contributed by atoms with E-state index < -0.39 is 0 Å². The fourth-order valence-electron chi connectivity index (χ4n) is 1.25. The Kier molecular flexibility index (Phi) is 4.16. The van der Waals surface area contributed by atoms with Crippen LogP contribution in [0.15, 0.2) is 52.3 Å². The van der Waals surface area contributed by atoms with E-state index in [2.05, 4.69) is 28.7 Å². The Morgan fingerprint density at radius 2 is 1.75 bits per heavy atom. The average Bonchev–Trinajstić information content (AvgIpc) is 2.26. The van der Waals surface area contributed by atoms with Crippen molar-refractivity contribution in [2.75, 3.05) is 0 Å². The van der Waals surface area contributed by atoms with E-state index in [1.807, 2.05) is 36.4 Å². The summed E-state index contributed by atoms with van der Waals surface area (Å²) in [4.78, 5) is 2.24. The van der Waals surface area contributed by atoms with Gasteiger partial charge in [0.1, 0.15) is 0 Å². The highest BCUT2D eigenvalue weighted by Crippen LogP contribution is 2.34. The SMILES string of the molecule is [CH]c1cccc(I)c1Sc1ccc(Cl)cc1. The van der Waals surface area contributed by atoms with Gasteiger partial charge >= 0.3 is 0 Å². The third-order valence-corrected chi connectivity index (χ3v) is 4.72. The molecule has 0 bridgehead atoms. The van der Waals surface area contributed by atoms with Gasteiger partial charge in [-0.25, -0.2) is 0 Å². The monoisotopic (exact) mass is 358 g/mol. The zero-order valence-corrected chi connectivity index (χ0v) is 12.0. The Morgan fingerprint density at radius 1 is 1.06 bits per heavy atom. The van der Waals surface area contributed by atoms with Crippen LogP contribution in [0.2, 0.25) is 5.02 Å². The summed E-state index contributed by atoms with van der Waals surface area (Å²) in [7, 11) is 0. The molecule has 16 heavy (non-hydrogen) atoms. The minimum Gasteiger partial charge on any atom is -0.0887 e. The van der Waals surface area contributed by atoms with Crippen LogP contribution < -0.4 is 0 Å². The molecule has 0 atom stereocenters. The van der Waals surface area contributed by atoms with E-state index in [1.165, 1.54) is 0 Å². The van der Waals surface area contributed by atoms with Crippen LogP contribution in [0.5, 0.6) is 0 Å². The molecular weight excluding hydrogens is 351 g/mol. The first-order valence-corrected chi connectivity index (χ1v) is 6.91. The molecule has 0 unspecified atom stereocenters. The summed E-state index contributed by atoms with van der Waals surface area (Å²) in [6.07, 6.45) is 0. The molecule has 0 saturated carbocycles. The first-order chi connectivity index (χ1) is 7.66. The van der Waals surface area contributed by atoms with Gasteiger partial charge in [-0.2, -0.15) is 0 Å². The molecule has 0 fully saturated rings. The molecule has 80 valence electrons. The first kappa shape index (κ1) is 12.3. The third kappa shape index (κ3) is 2.93. The number of hydrogen-bond acceptors (Lipinski definition) is 1. The zero-order valence-electron chi connectivity index (χ0n) is 8.28. The van der Waals surface area contributed by atoms with Crippen molar-refractivity contribution in [2.45, 2.75) is 9.79 Å². The van der Waals surface area contributed by atoms with Crippen LogP contribution in [-0.4, -0.2) is 0 Å². The van der Waals surface area contributed by atoms with Crippen molar-refractivity contribution in [2.24, 2.45) is 0 Å². The second kappa shape index (κ2) is 5.43. The van der Waals surface area contributed by atoms with Gasteiger partial charge in [-0.05, 0) is 58.5 Å². The normalized spacial score (nSPS) is 10.4. The molecule has 2 radical (unpaired) electrons. The summed E-state index contributed by atoms with van der Waals surface area (Å²) >= 11 is 9.79. The summed E-state index contributed by atoms with van der Waals surface area (Å²) in [5.74, 6) is 0. The van der Waals surface area contributed by atoms with Crippen molar-refractivity contribution in [3.05, 3.63) is 63.5 Å². The molecule has 0 spiro atoms. The molecule has 2 rings (SSSR count). The molecule has 2 aromatic carbocycles. The summed E-state index contributed by atoms with van der Waals surface area (Å²) in [6.45, 7) is 5.95. The van der Waals surface area contributed by atoms with Crippen LogP contribution in [0, 0.1) is 10.5 Å². The van der Waals surface area contributed by atoms with Gasteiger partial charge in [0.2, 0.25) is 0 Å². The van der Waals surface area contributed by atoms with Crippen molar-refractivity contribution in [3.63, 3.8) is 0 Å². The average molecular weight is 359 g/mol. The molecule has 0 aliphatic rings. The minimum absolute atomic E-state index is 0.750. The Morgan fingerprint density at radius 3 is 2.38 bits per heavy atom. The van der Waals surface area contributed by atoms with Crippen molar-refractivity contribution >= 4 is 46.0 Å². The van der Waals surface area contributed by atoms with Gasteiger partial charge in [0.25, 0.3) is 0 Å². The highest BCUT2D eigenvalue weighted by Gasteiger charge is 2.05. The van der Waals surface area contributed by atoms with E-state index in [1.54, 1.807) is 11.8 Å². The van der Waals surface area contributed by atoms with Gasteiger partial charge in [0.05, 0.1) is 0 Å². The summed E-state index contributed by atoms with van der Waals surface area (Å²) in [5.41, 5.74) is 0.812. The van der Waals surface area contributed by atoms with Crippen molar-refractivity contribution in [1.82, 2.24) is 0 Å². The fourth-order valence-corrected chi connectivity index (χ4v) is 3.09. The van der Waals surface area contributed by atoms with Crippen LogP contribution >= 0.6 is 46.0 Å². The van der Waals surface area contributed by atoms with Crippen molar-refractivity contribution in [3.8, 4) is 0 Å². The van der Waals surface area contributed by atoms with Gasteiger partial charge in [0, 0.05) is 25.3 Å². The van der Waals surface area contributed by atoms with Gasteiger partial charge < -0.3 is 0 Å². The lowest BCUT2D eigenvalue weighted by Crippen LogP contribution is -1.84. The van der Waals surface area contributed by atoms with Crippen LogP contribution in [0.4, 0.5) is 0 Å². The highest BCUT2D eigenvalue weighted by atomic mass is 127. The van der Waals surface area contributed by atoms with Gasteiger partial charge in [-0.15, -0.1) is 0 Å². The molecule has 0 amide bonds. The Balaban J connectivity index is 2.30. The standard InChI is InChI=1S/C13H8ClIS/c1-9-3-2-4-12(15)13(9)16-11-7-5-10(14)6-8-11/h1-8H. The minimum atomic E-state index is 0.750. The Hall–Kier alpha value is -0.190. The van der Waals surface area contributed by atoms with E-state index in [-0.39, 0.29) is 0 Å². The van der Waals surface area contributed by atoms with Crippen LogP contribution in [0.3, 0.4) is 0 Å². The molecule has 0 heterocycles. The van der Waals surface area contributed by atoms with Crippen LogP contribution in [0.1, 0.15) is 5.56 Å². The Bertz CT molecular complexity index is 474. The maximum atomic E-state index is 5.95. The fraction of sp³-hybridized carbons (Fsp3) is 0. The maximum Gasteiger partial charge on any atom is 0.0406 e. The summed E-state index contributed by atoms with van der Waals surface area (Å²) in [5, 5.41) is 0.750. The summed E-state index contributed by atoms with van der Waals surface area (Å²) < 4.78 is 1.16. The predicted octanol–water partition coefficient (Wildman–Crippen LogP) is 5.15. The second-order valence-electron chi connectivity index (χ2n) is 3.21. The van der Waals surface area contributed by atoms with E-state index in [0.29, 0.717) is 0 Å². The van der Waals surface area contributed by atoms with Crippen molar-refractivity contribution < 1.29 is 0 Å².